The van der Waals surface area contributed by atoms with Crippen molar-refractivity contribution < 1.29 is 14.3 Å². The summed E-state index contributed by atoms with van der Waals surface area (Å²) in [4.78, 5) is 12.2. The van der Waals surface area contributed by atoms with E-state index in [1.807, 2.05) is 56.3 Å². The minimum Gasteiger partial charge on any atom is -0.491 e. The van der Waals surface area contributed by atoms with E-state index in [9.17, 15) is 4.79 Å². The van der Waals surface area contributed by atoms with E-state index in [2.05, 4.69) is 10.6 Å². The van der Waals surface area contributed by atoms with Crippen molar-refractivity contribution in [1.82, 2.24) is 0 Å². The molecule has 138 valence electrons. The van der Waals surface area contributed by atoms with Gasteiger partial charge in [0.15, 0.2) is 0 Å². The summed E-state index contributed by atoms with van der Waals surface area (Å²) in [6, 6.07) is 13.6. The predicted octanol–water partition coefficient (Wildman–Crippen LogP) is 3.91. The van der Waals surface area contributed by atoms with Crippen LogP contribution in [0.2, 0.25) is 0 Å². The van der Waals surface area contributed by atoms with E-state index in [0.717, 1.165) is 47.7 Å². The fourth-order valence-corrected chi connectivity index (χ4v) is 3.01. The van der Waals surface area contributed by atoms with Gasteiger partial charge in [-0.25, -0.2) is 0 Å². The Bertz CT molecular complexity index is 717. The number of hydrogen-bond acceptors (Lipinski definition) is 4. The first-order valence-corrected chi connectivity index (χ1v) is 9.06. The quantitative estimate of drug-likeness (QED) is 0.791. The van der Waals surface area contributed by atoms with Crippen molar-refractivity contribution in [3.8, 4) is 5.75 Å². The normalized spacial score (nSPS) is 16.3. The molecule has 0 aliphatic carbocycles. The van der Waals surface area contributed by atoms with Gasteiger partial charge in [-0.2, -0.15) is 0 Å². The maximum atomic E-state index is 12.2. The van der Waals surface area contributed by atoms with Crippen LogP contribution in [0.15, 0.2) is 42.5 Å². The van der Waals surface area contributed by atoms with Gasteiger partial charge in [0.05, 0.1) is 12.6 Å². The van der Waals surface area contributed by atoms with Crippen molar-refractivity contribution >= 4 is 17.3 Å². The SMILES string of the molecule is Cc1cccc(C)c1NC(=O)CNc1ccc(OCC2CCCO2)cc1. The third kappa shape index (κ3) is 4.99. The maximum absolute atomic E-state index is 12.2. The molecule has 5 heteroatoms. The van der Waals surface area contributed by atoms with Crippen LogP contribution in [0.3, 0.4) is 0 Å². The lowest BCUT2D eigenvalue weighted by molar-refractivity contribution is -0.114. The lowest BCUT2D eigenvalue weighted by atomic mass is 10.1. The lowest BCUT2D eigenvalue weighted by Crippen LogP contribution is -2.22. The molecule has 0 aromatic heterocycles. The van der Waals surface area contributed by atoms with Crippen LogP contribution in [0.25, 0.3) is 0 Å². The summed E-state index contributed by atoms with van der Waals surface area (Å²) >= 11 is 0. The van der Waals surface area contributed by atoms with Crippen LogP contribution in [0.1, 0.15) is 24.0 Å². The number of ether oxygens (including phenoxy) is 2. The summed E-state index contributed by atoms with van der Waals surface area (Å²) in [6.45, 7) is 5.62. The molecule has 0 bridgehead atoms. The molecule has 1 unspecified atom stereocenters. The van der Waals surface area contributed by atoms with E-state index in [-0.39, 0.29) is 18.6 Å². The second-order valence-electron chi connectivity index (χ2n) is 6.64. The number of nitrogens with one attached hydrogen (secondary N) is 2. The second kappa shape index (κ2) is 8.72. The first-order chi connectivity index (χ1) is 12.6. The van der Waals surface area contributed by atoms with E-state index >= 15 is 0 Å². The minimum absolute atomic E-state index is 0.0684. The van der Waals surface area contributed by atoms with Crippen molar-refractivity contribution in [3.63, 3.8) is 0 Å². The highest BCUT2D eigenvalue weighted by Crippen LogP contribution is 2.20. The van der Waals surface area contributed by atoms with Gasteiger partial charge in [-0.05, 0) is 62.1 Å². The fourth-order valence-electron chi connectivity index (χ4n) is 3.01. The van der Waals surface area contributed by atoms with Crippen molar-refractivity contribution in [2.75, 3.05) is 30.4 Å². The molecule has 0 radical (unpaired) electrons. The van der Waals surface area contributed by atoms with Gasteiger partial charge in [0.25, 0.3) is 0 Å². The first kappa shape index (κ1) is 18.3. The summed E-state index contributed by atoms with van der Waals surface area (Å²) in [7, 11) is 0. The average Bonchev–Trinajstić information content (AvgIpc) is 3.16. The molecule has 2 N–H and O–H groups in total. The number of anilines is 2. The zero-order chi connectivity index (χ0) is 18.4. The first-order valence-electron chi connectivity index (χ1n) is 9.06. The zero-order valence-electron chi connectivity index (χ0n) is 15.4. The molecule has 1 aliphatic heterocycles. The van der Waals surface area contributed by atoms with Gasteiger partial charge in [0, 0.05) is 18.0 Å². The van der Waals surface area contributed by atoms with Crippen LogP contribution in [0.4, 0.5) is 11.4 Å². The Morgan fingerprint density at radius 2 is 1.88 bits per heavy atom. The van der Waals surface area contributed by atoms with Gasteiger partial charge in [-0.15, -0.1) is 0 Å². The Balaban J connectivity index is 1.46. The number of carbonyl (C=O) groups is 1. The van der Waals surface area contributed by atoms with E-state index in [4.69, 9.17) is 9.47 Å². The molecule has 1 heterocycles. The second-order valence-corrected chi connectivity index (χ2v) is 6.64. The number of rotatable bonds is 7. The highest BCUT2D eigenvalue weighted by molar-refractivity contribution is 5.95. The van der Waals surface area contributed by atoms with E-state index in [1.165, 1.54) is 0 Å². The number of aryl methyl sites for hydroxylation is 2. The number of amides is 1. The Hall–Kier alpha value is -2.53. The van der Waals surface area contributed by atoms with Crippen LogP contribution in [0, 0.1) is 13.8 Å². The smallest absolute Gasteiger partial charge is 0.243 e. The summed E-state index contributed by atoms with van der Waals surface area (Å²) in [5, 5.41) is 6.11. The standard InChI is InChI=1S/C21H26N2O3/c1-15-5-3-6-16(2)21(15)23-20(24)13-22-17-8-10-18(11-9-17)26-14-19-7-4-12-25-19/h3,5-6,8-11,19,22H,4,7,12-14H2,1-2H3,(H,23,24). The minimum atomic E-state index is -0.0684. The molecule has 3 rings (SSSR count). The summed E-state index contributed by atoms with van der Waals surface area (Å²) < 4.78 is 11.3. The van der Waals surface area contributed by atoms with Gasteiger partial charge in [0.1, 0.15) is 12.4 Å². The molecule has 26 heavy (non-hydrogen) atoms. The van der Waals surface area contributed by atoms with Gasteiger partial charge < -0.3 is 20.1 Å². The Morgan fingerprint density at radius 3 is 2.54 bits per heavy atom. The van der Waals surface area contributed by atoms with Crippen LogP contribution in [-0.4, -0.2) is 31.8 Å². The molecule has 1 atom stereocenters. The molecule has 1 amide bonds. The van der Waals surface area contributed by atoms with Crippen LogP contribution >= 0.6 is 0 Å². The van der Waals surface area contributed by atoms with Crippen LogP contribution < -0.4 is 15.4 Å². The summed E-state index contributed by atoms with van der Waals surface area (Å²) in [5.74, 6) is 0.743. The third-order valence-electron chi connectivity index (χ3n) is 4.51. The number of benzene rings is 2. The molecule has 1 fully saturated rings. The van der Waals surface area contributed by atoms with Crippen molar-refractivity contribution in [2.24, 2.45) is 0 Å². The fraction of sp³-hybridized carbons (Fsp3) is 0.381. The monoisotopic (exact) mass is 354 g/mol. The Kier molecular flexibility index (Phi) is 6.12. The zero-order valence-corrected chi connectivity index (χ0v) is 15.4. The van der Waals surface area contributed by atoms with Crippen LogP contribution in [-0.2, 0) is 9.53 Å². The summed E-state index contributed by atoms with van der Waals surface area (Å²) in [5.41, 5.74) is 3.89. The third-order valence-corrected chi connectivity index (χ3v) is 4.51. The Labute approximate surface area is 154 Å². The molecule has 2 aromatic carbocycles. The largest absolute Gasteiger partial charge is 0.491 e. The van der Waals surface area contributed by atoms with Gasteiger partial charge in [0.2, 0.25) is 5.91 Å². The molecule has 1 saturated heterocycles. The molecule has 0 saturated carbocycles. The average molecular weight is 354 g/mol. The number of hydrogen-bond donors (Lipinski definition) is 2. The number of carbonyl (C=O) groups excluding carboxylic acids is 1. The lowest BCUT2D eigenvalue weighted by Gasteiger charge is -2.13. The predicted molar refractivity (Wildman–Crippen MR) is 104 cm³/mol. The molecule has 2 aromatic rings. The van der Waals surface area contributed by atoms with Crippen molar-refractivity contribution in [1.29, 1.82) is 0 Å². The van der Waals surface area contributed by atoms with Gasteiger partial charge in [-0.1, -0.05) is 18.2 Å². The highest BCUT2D eigenvalue weighted by atomic mass is 16.5. The number of para-hydroxylation sites is 1. The van der Waals surface area contributed by atoms with E-state index in [1.54, 1.807) is 0 Å². The molecular weight excluding hydrogens is 328 g/mol. The molecule has 5 nitrogen and oxygen atoms in total. The van der Waals surface area contributed by atoms with E-state index in [0.29, 0.717) is 6.61 Å². The topological polar surface area (TPSA) is 59.6 Å². The summed E-state index contributed by atoms with van der Waals surface area (Å²) in [6.07, 6.45) is 2.39. The maximum Gasteiger partial charge on any atom is 0.243 e. The molecular formula is C21H26N2O3. The van der Waals surface area contributed by atoms with Crippen molar-refractivity contribution in [2.45, 2.75) is 32.8 Å². The Morgan fingerprint density at radius 1 is 1.15 bits per heavy atom. The van der Waals surface area contributed by atoms with Crippen LogP contribution in [0.5, 0.6) is 5.75 Å². The van der Waals surface area contributed by atoms with Gasteiger partial charge in [-0.3, -0.25) is 4.79 Å². The van der Waals surface area contributed by atoms with E-state index < -0.39 is 0 Å². The molecule has 1 aliphatic rings. The van der Waals surface area contributed by atoms with Crippen molar-refractivity contribution in [3.05, 3.63) is 53.6 Å². The van der Waals surface area contributed by atoms with Gasteiger partial charge >= 0.3 is 0 Å². The highest BCUT2D eigenvalue weighted by Gasteiger charge is 2.15. The molecule has 0 spiro atoms.